The van der Waals surface area contributed by atoms with Crippen molar-refractivity contribution in [2.45, 2.75) is 57.5 Å². The van der Waals surface area contributed by atoms with Crippen LogP contribution in [-0.2, 0) is 20.9 Å². The number of carbonyl (C=O) groups excluding carboxylic acids is 2. The zero-order valence-electron chi connectivity index (χ0n) is 15.5. The average Bonchev–Trinajstić information content (AvgIpc) is 3.15. The number of aromatic nitrogens is 3. The number of nitrogens with zero attached hydrogens (tertiary/aromatic N) is 4. The molecule has 1 atom stereocenters. The quantitative estimate of drug-likeness (QED) is 0.822. The first-order chi connectivity index (χ1) is 12.7. The van der Waals surface area contributed by atoms with E-state index in [0.29, 0.717) is 25.7 Å². The molecule has 0 radical (unpaired) electrons. The summed E-state index contributed by atoms with van der Waals surface area (Å²) in [7, 11) is 1.51. The molecule has 26 heavy (non-hydrogen) atoms. The van der Waals surface area contributed by atoms with Gasteiger partial charge in [-0.15, -0.1) is 10.2 Å². The summed E-state index contributed by atoms with van der Waals surface area (Å²) in [6.45, 7) is 1.61. The van der Waals surface area contributed by atoms with Gasteiger partial charge in [0.05, 0.1) is 12.5 Å². The van der Waals surface area contributed by atoms with E-state index in [0.717, 1.165) is 31.5 Å². The van der Waals surface area contributed by atoms with Crippen molar-refractivity contribution in [1.29, 1.82) is 0 Å². The third-order valence-electron chi connectivity index (χ3n) is 5.45. The molecule has 1 unspecified atom stereocenters. The van der Waals surface area contributed by atoms with Gasteiger partial charge in [-0.05, 0) is 25.7 Å². The minimum Gasteiger partial charge on any atom is -0.375 e. The van der Waals surface area contributed by atoms with E-state index in [1.807, 2.05) is 0 Å². The summed E-state index contributed by atoms with van der Waals surface area (Å²) in [5.41, 5.74) is 0. The Balaban J connectivity index is 1.52. The van der Waals surface area contributed by atoms with Gasteiger partial charge in [0, 0.05) is 26.2 Å². The van der Waals surface area contributed by atoms with Crippen LogP contribution < -0.4 is 5.32 Å². The van der Waals surface area contributed by atoms with Crippen LogP contribution in [0.25, 0.3) is 0 Å². The fourth-order valence-corrected chi connectivity index (χ4v) is 4.00. The normalized spacial score (nSPS) is 21.6. The first-order valence-electron chi connectivity index (χ1n) is 9.62. The van der Waals surface area contributed by atoms with Crippen LogP contribution in [-0.4, -0.2) is 58.3 Å². The molecule has 8 heteroatoms. The second-order valence-electron chi connectivity index (χ2n) is 7.28. The van der Waals surface area contributed by atoms with Gasteiger partial charge in [0.25, 0.3) is 0 Å². The van der Waals surface area contributed by atoms with E-state index in [9.17, 15) is 9.59 Å². The molecule has 1 saturated carbocycles. The number of methoxy groups -OCH3 is 1. The molecule has 1 saturated heterocycles. The molecule has 1 aliphatic carbocycles. The third-order valence-corrected chi connectivity index (χ3v) is 5.45. The van der Waals surface area contributed by atoms with Crippen molar-refractivity contribution in [3.05, 3.63) is 12.2 Å². The van der Waals surface area contributed by atoms with Gasteiger partial charge in [-0.25, -0.2) is 0 Å². The second kappa shape index (κ2) is 9.12. The van der Waals surface area contributed by atoms with Crippen LogP contribution in [0.2, 0.25) is 0 Å². The SMILES string of the molecule is COCC(=O)N1CCCC(C(=O)NCc2nncn2C2CCCCC2)C1. The number of amides is 2. The summed E-state index contributed by atoms with van der Waals surface area (Å²) >= 11 is 0. The number of likely N-dealkylation sites (tertiary alicyclic amines) is 1. The Morgan fingerprint density at radius 1 is 1.23 bits per heavy atom. The van der Waals surface area contributed by atoms with Gasteiger partial charge in [-0.3, -0.25) is 9.59 Å². The lowest BCUT2D eigenvalue weighted by atomic mass is 9.95. The lowest BCUT2D eigenvalue weighted by Gasteiger charge is -2.32. The van der Waals surface area contributed by atoms with Crippen molar-refractivity contribution < 1.29 is 14.3 Å². The standard InChI is InChI=1S/C18H29N5O3/c1-26-12-17(24)22-9-5-6-14(11-22)18(25)19-10-16-21-20-13-23(16)15-7-3-2-4-8-15/h13-15H,2-12H2,1H3,(H,19,25). The van der Waals surface area contributed by atoms with E-state index in [1.165, 1.54) is 26.4 Å². The van der Waals surface area contributed by atoms with E-state index < -0.39 is 0 Å². The van der Waals surface area contributed by atoms with Crippen molar-refractivity contribution in [3.8, 4) is 0 Å². The molecular formula is C18H29N5O3. The molecule has 2 aliphatic rings. The Hall–Kier alpha value is -1.96. The molecule has 1 N–H and O–H groups in total. The van der Waals surface area contributed by atoms with Crippen LogP contribution in [0.4, 0.5) is 0 Å². The van der Waals surface area contributed by atoms with Gasteiger partial charge < -0.3 is 19.5 Å². The summed E-state index contributed by atoms with van der Waals surface area (Å²) < 4.78 is 7.03. The van der Waals surface area contributed by atoms with Gasteiger partial charge in [0.2, 0.25) is 11.8 Å². The van der Waals surface area contributed by atoms with Crippen molar-refractivity contribution >= 4 is 11.8 Å². The Bertz CT molecular complexity index is 612. The number of carbonyl (C=O) groups is 2. The highest BCUT2D eigenvalue weighted by atomic mass is 16.5. The summed E-state index contributed by atoms with van der Waals surface area (Å²) in [6.07, 6.45) is 9.50. The lowest BCUT2D eigenvalue weighted by molar-refractivity contribution is -0.139. The Kier molecular flexibility index (Phi) is 6.60. The Morgan fingerprint density at radius 2 is 2.04 bits per heavy atom. The summed E-state index contributed by atoms with van der Waals surface area (Å²) in [4.78, 5) is 26.3. The van der Waals surface area contributed by atoms with Gasteiger partial charge in [0.1, 0.15) is 12.9 Å². The van der Waals surface area contributed by atoms with Crippen LogP contribution in [0.1, 0.15) is 56.8 Å². The molecule has 0 aromatic carbocycles. The zero-order chi connectivity index (χ0) is 18.4. The highest BCUT2D eigenvalue weighted by Gasteiger charge is 2.28. The number of rotatable bonds is 6. The van der Waals surface area contributed by atoms with Crippen LogP contribution in [0.15, 0.2) is 6.33 Å². The van der Waals surface area contributed by atoms with E-state index in [-0.39, 0.29) is 24.3 Å². The highest BCUT2D eigenvalue weighted by Crippen LogP contribution is 2.28. The maximum absolute atomic E-state index is 12.6. The van der Waals surface area contributed by atoms with E-state index >= 15 is 0 Å². The smallest absolute Gasteiger partial charge is 0.248 e. The summed E-state index contributed by atoms with van der Waals surface area (Å²) in [5.74, 6) is 0.573. The maximum Gasteiger partial charge on any atom is 0.248 e. The molecule has 3 rings (SSSR count). The molecule has 1 aromatic heterocycles. The first kappa shape index (κ1) is 18.8. The van der Waals surface area contributed by atoms with Gasteiger partial charge in [-0.1, -0.05) is 19.3 Å². The average molecular weight is 363 g/mol. The lowest BCUT2D eigenvalue weighted by Crippen LogP contribution is -2.46. The van der Waals surface area contributed by atoms with Crippen molar-refractivity contribution in [1.82, 2.24) is 25.0 Å². The number of hydrogen-bond donors (Lipinski definition) is 1. The fourth-order valence-electron chi connectivity index (χ4n) is 4.00. The van der Waals surface area contributed by atoms with Crippen LogP contribution in [0.3, 0.4) is 0 Å². The summed E-state index contributed by atoms with van der Waals surface area (Å²) in [5, 5.41) is 11.2. The number of hydrogen-bond acceptors (Lipinski definition) is 5. The molecule has 2 fully saturated rings. The van der Waals surface area contributed by atoms with Gasteiger partial charge in [0.15, 0.2) is 5.82 Å². The Morgan fingerprint density at radius 3 is 2.81 bits per heavy atom. The molecule has 0 spiro atoms. The van der Waals surface area contributed by atoms with Gasteiger partial charge in [-0.2, -0.15) is 0 Å². The van der Waals surface area contributed by atoms with Crippen LogP contribution in [0.5, 0.6) is 0 Å². The second-order valence-corrected chi connectivity index (χ2v) is 7.28. The minimum absolute atomic E-state index is 0.0156. The molecule has 144 valence electrons. The Labute approximate surface area is 154 Å². The van der Waals surface area contributed by atoms with E-state index in [1.54, 1.807) is 11.2 Å². The molecule has 0 bridgehead atoms. The third kappa shape index (κ3) is 4.60. The van der Waals surface area contributed by atoms with Gasteiger partial charge >= 0.3 is 0 Å². The largest absolute Gasteiger partial charge is 0.375 e. The van der Waals surface area contributed by atoms with Crippen LogP contribution >= 0.6 is 0 Å². The van der Waals surface area contributed by atoms with Crippen molar-refractivity contribution in [2.75, 3.05) is 26.8 Å². The van der Waals surface area contributed by atoms with Crippen LogP contribution in [0, 0.1) is 5.92 Å². The monoisotopic (exact) mass is 363 g/mol. The molecular weight excluding hydrogens is 334 g/mol. The molecule has 1 aromatic rings. The zero-order valence-corrected chi connectivity index (χ0v) is 15.5. The number of piperidine rings is 1. The predicted octanol–water partition coefficient (Wildman–Crippen LogP) is 1.28. The van der Waals surface area contributed by atoms with Crippen molar-refractivity contribution in [3.63, 3.8) is 0 Å². The topological polar surface area (TPSA) is 89.3 Å². The molecule has 2 amide bonds. The highest BCUT2D eigenvalue weighted by molar-refractivity contribution is 5.81. The van der Waals surface area contributed by atoms with Crippen molar-refractivity contribution in [2.24, 2.45) is 5.92 Å². The van der Waals surface area contributed by atoms with E-state index in [4.69, 9.17) is 4.74 Å². The number of nitrogens with one attached hydrogen (secondary N) is 1. The molecule has 2 heterocycles. The van der Waals surface area contributed by atoms with E-state index in [2.05, 4.69) is 20.1 Å². The minimum atomic E-state index is -0.171. The fraction of sp³-hybridized carbons (Fsp3) is 0.778. The maximum atomic E-state index is 12.6. The first-order valence-corrected chi connectivity index (χ1v) is 9.62. The summed E-state index contributed by atoms with van der Waals surface area (Å²) in [6, 6.07) is 0.447. The molecule has 8 nitrogen and oxygen atoms in total. The molecule has 1 aliphatic heterocycles. The predicted molar refractivity (Wildman–Crippen MR) is 95.2 cm³/mol. The number of ether oxygens (including phenoxy) is 1.